The number of likely N-dealkylation sites (N-methyl/N-ethyl adjacent to an activating group) is 1. The fourth-order valence-electron chi connectivity index (χ4n) is 3.94. The second kappa shape index (κ2) is 7.95. The molecule has 5 heteroatoms. The molecule has 0 aromatic carbocycles. The standard InChI is InChI=1S/C17H30N2O3/c1-13-8-15(17(21)22)11-19(9-13)12-16(20)18(2)10-14-6-4-3-5-7-14/h13-15H,3-12H2,1-2H3,(H,21,22). The molecule has 0 spiro atoms. The smallest absolute Gasteiger partial charge is 0.307 e. The van der Waals surface area contributed by atoms with Gasteiger partial charge in [0.2, 0.25) is 5.91 Å². The molecule has 0 aromatic heterocycles. The Kier molecular flexibility index (Phi) is 6.24. The second-order valence-corrected chi connectivity index (χ2v) is 7.35. The molecule has 2 fully saturated rings. The van der Waals surface area contributed by atoms with Crippen LogP contribution in [0.4, 0.5) is 0 Å². The fraction of sp³-hybridized carbons (Fsp3) is 0.882. The average Bonchev–Trinajstić information content (AvgIpc) is 2.47. The molecule has 1 N–H and O–H groups in total. The van der Waals surface area contributed by atoms with Crippen molar-refractivity contribution in [2.24, 2.45) is 17.8 Å². The first-order valence-electron chi connectivity index (χ1n) is 8.64. The maximum atomic E-state index is 12.4. The number of carbonyl (C=O) groups excluding carboxylic acids is 1. The van der Waals surface area contributed by atoms with Crippen molar-refractivity contribution in [3.63, 3.8) is 0 Å². The van der Waals surface area contributed by atoms with Crippen molar-refractivity contribution in [2.75, 3.05) is 33.2 Å². The molecule has 1 aliphatic heterocycles. The van der Waals surface area contributed by atoms with Gasteiger partial charge in [-0.15, -0.1) is 0 Å². The van der Waals surface area contributed by atoms with Crippen molar-refractivity contribution in [3.8, 4) is 0 Å². The van der Waals surface area contributed by atoms with Gasteiger partial charge in [-0.1, -0.05) is 26.2 Å². The van der Waals surface area contributed by atoms with Gasteiger partial charge in [-0.25, -0.2) is 0 Å². The number of piperidine rings is 1. The van der Waals surface area contributed by atoms with Crippen LogP contribution in [0.5, 0.6) is 0 Å². The quantitative estimate of drug-likeness (QED) is 0.844. The molecule has 5 nitrogen and oxygen atoms in total. The van der Waals surface area contributed by atoms with Crippen molar-refractivity contribution in [2.45, 2.75) is 45.4 Å². The Bertz CT molecular complexity index is 393. The number of carbonyl (C=O) groups is 2. The number of carboxylic acid groups (broad SMARTS) is 1. The van der Waals surface area contributed by atoms with Crippen molar-refractivity contribution < 1.29 is 14.7 Å². The number of amides is 1. The maximum Gasteiger partial charge on any atom is 0.307 e. The Balaban J connectivity index is 1.80. The van der Waals surface area contributed by atoms with E-state index in [-0.39, 0.29) is 11.8 Å². The molecule has 1 heterocycles. The van der Waals surface area contributed by atoms with E-state index < -0.39 is 5.97 Å². The van der Waals surface area contributed by atoms with E-state index in [4.69, 9.17) is 0 Å². The lowest BCUT2D eigenvalue weighted by Gasteiger charge is -2.35. The number of rotatable bonds is 5. The molecule has 2 atom stereocenters. The van der Waals surface area contributed by atoms with Gasteiger partial charge in [0.25, 0.3) is 0 Å². The monoisotopic (exact) mass is 310 g/mol. The van der Waals surface area contributed by atoms with Gasteiger partial charge < -0.3 is 10.0 Å². The van der Waals surface area contributed by atoms with E-state index in [1.165, 1.54) is 32.1 Å². The molecular formula is C17H30N2O3. The molecule has 2 unspecified atom stereocenters. The summed E-state index contributed by atoms with van der Waals surface area (Å²) >= 11 is 0. The van der Waals surface area contributed by atoms with Crippen LogP contribution in [-0.4, -0.2) is 60.0 Å². The Labute approximate surface area is 133 Å². The molecule has 126 valence electrons. The molecule has 0 radical (unpaired) electrons. The van der Waals surface area contributed by atoms with Gasteiger partial charge in [0.05, 0.1) is 12.5 Å². The number of hydrogen-bond donors (Lipinski definition) is 1. The highest BCUT2D eigenvalue weighted by Crippen LogP contribution is 2.25. The zero-order valence-electron chi connectivity index (χ0n) is 14.0. The summed E-state index contributed by atoms with van der Waals surface area (Å²) in [6.45, 7) is 4.61. The Morgan fingerprint density at radius 1 is 1.18 bits per heavy atom. The lowest BCUT2D eigenvalue weighted by atomic mass is 9.89. The minimum Gasteiger partial charge on any atom is -0.481 e. The highest BCUT2D eigenvalue weighted by Gasteiger charge is 2.31. The lowest BCUT2D eigenvalue weighted by Crippen LogP contribution is -2.47. The second-order valence-electron chi connectivity index (χ2n) is 7.35. The zero-order valence-corrected chi connectivity index (χ0v) is 14.0. The number of hydrogen-bond acceptors (Lipinski definition) is 3. The molecular weight excluding hydrogens is 280 g/mol. The van der Waals surface area contributed by atoms with Crippen LogP contribution in [0, 0.1) is 17.8 Å². The molecule has 0 bridgehead atoms. The molecule has 22 heavy (non-hydrogen) atoms. The highest BCUT2D eigenvalue weighted by atomic mass is 16.4. The molecule has 2 rings (SSSR count). The molecule has 1 saturated heterocycles. The van der Waals surface area contributed by atoms with Gasteiger partial charge in [0, 0.05) is 26.7 Å². The van der Waals surface area contributed by atoms with Crippen molar-refractivity contribution in [1.82, 2.24) is 9.80 Å². The first-order chi connectivity index (χ1) is 10.5. The van der Waals surface area contributed by atoms with Crippen LogP contribution in [0.2, 0.25) is 0 Å². The molecule has 1 saturated carbocycles. The predicted octanol–water partition coefficient (Wildman–Crippen LogP) is 2.07. The van der Waals surface area contributed by atoms with E-state index in [0.717, 1.165) is 19.5 Å². The number of nitrogens with zero attached hydrogens (tertiary/aromatic N) is 2. The van der Waals surface area contributed by atoms with Crippen LogP contribution in [-0.2, 0) is 9.59 Å². The van der Waals surface area contributed by atoms with Gasteiger partial charge in [0.1, 0.15) is 0 Å². The third kappa shape index (κ3) is 4.97. The normalized spacial score (nSPS) is 27.5. The minimum atomic E-state index is -0.737. The number of likely N-dealkylation sites (tertiary alicyclic amines) is 1. The van der Waals surface area contributed by atoms with Crippen molar-refractivity contribution in [1.29, 1.82) is 0 Å². The molecule has 1 amide bonds. The van der Waals surface area contributed by atoms with Crippen LogP contribution < -0.4 is 0 Å². The van der Waals surface area contributed by atoms with E-state index in [0.29, 0.717) is 24.9 Å². The third-order valence-corrected chi connectivity index (χ3v) is 5.13. The van der Waals surface area contributed by atoms with Crippen LogP contribution in [0.3, 0.4) is 0 Å². The number of aliphatic carboxylic acids is 1. The Hall–Kier alpha value is -1.10. The lowest BCUT2D eigenvalue weighted by molar-refractivity contribution is -0.145. The van der Waals surface area contributed by atoms with Crippen molar-refractivity contribution in [3.05, 3.63) is 0 Å². The summed E-state index contributed by atoms with van der Waals surface area (Å²) < 4.78 is 0. The summed E-state index contributed by atoms with van der Waals surface area (Å²) in [5, 5.41) is 9.21. The van der Waals surface area contributed by atoms with E-state index in [1.807, 2.05) is 16.8 Å². The SMILES string of the molecule is CC1CC(C(=O)O)CN(CC(=O)N(C)CC2CCCCC2)C1. The summed E-state index contributed by atoms with van der Waals surface area (Å²) in [6.07, 6.45) is 7.10. The summed E-state index contributed by atoms with van der Waals surface area (Å²) in [5.41, 5.74) is 0. The van der Waals surface area contributed by atoms with Crippen LogP contribution in [0.25, 0.3) is 0 Å². The first kappa shape index (κ1) is 17.3. The van der Waals surface area contributed by atoms with Crippen molar-refractivity contribution >= 4 is 11.9 Å². The highest BCUT2D eigenvalue weighted by molar-refractivity contribution is 5.78. The fourth-order valence-corrected chi connectivity index (χ4v) is 3.94. The van der Waals surface area contributed by atoms with Crippen LogP contribution >= 0.6 is 0 Å². The van der Waals surface area contributed by atoms with Gasteiger partial charge in [-0.3, -0.25) is 14.5 Å². The summed E-state index contributed by atoms with van der Waals surface area (Å²) in [5.74, 6) is 0.0459. The van der Waals surface area contributed by atoms with Crippen LogP contribution in [0.1, 0.15) is 45.4 Å². The topological polar surface area (TPSA) is 60.9 Å². The van der Waals surface area contributed by atoms with Gasteiger partial charge in [0.15, 0.2) is 0 Å². The summed E-state index contributed by atoms with van der Waals surface area (Å²) in [4.78, 5) is 27.5. The summed E-state index contributed by atoms with van der Waals surface area (Å²) in [6, 6.07) is 0. The van der Waals surface area contributed by atoms with E-state index in [9.17, 15) is 14.7 Å². The maximum absolute atomic E-state index is 12.4. The first-order valence-corrected chi connectivity index (χ1v) is 8.64. The van der Waals surface area contributed by atoms with E-state index >= 15 is 0 Å². The minimum absolute atomic E-state index is 0.129. The molecule has 2 aliphatic rings. The molecule has 1 aliphatic carbocycles. The van der Waals surface area contributed by atoms with Gasteiger partial charge in [-0.05, 0) is 31.1 Å². The third-order valence-electron chi connectivity index (χ3n) is 5.13. The Morgan fingerprint density at radius 3 is 2.50 bits per heavy atom. The average molecular weight is 310 g/mol. The summed E-state index contributed by atoms with van der Waals surface area (Å²) in [7, 11) is 1.89. The van der Waals surface area contributed by atoms with E-state index in [1.54, 1.807) is 0 Å². The molecule has 0 aromatic rings. The van der Waals surface area contributed by atoms with Crippen LogP contribution in [0.15, 0.2) is 0 Å². The largest absolute Gasteiger partial charge is 0.481 e. The Morgan fingerprint density at radius 2 is 1.86 bits per heavy atom. The van der Waals surface area contributed by atoms with Gasteiger partial charge in [-0.2, -0.15) is 0 Å². The predicted molar refractivity (Wildman–Crippen MR) is 85.6 cm³/mol. The van der Waals surface area contributed by atoms with Gasteiger partial charge >= 0.3 is 5.97 Å². The van der Waals surface area contributed by atoms with E-state index in [2.05, 4.69) is 6.92 Å². The number of carboxylic acids is 1. The zero-order chi connectivity index (χ0) is 16.1.